The van der Waals surface area contributed by atoms with E-state index in [-0.39, 0.29) is 5.82 Å². The first kappa shape index (κ1) is 22.8. The first-order chi connectivity index (χ1) is 16.6. The summed E-state index contributed by atoms with van der Waals surface area (Å²) in [4.78, 5) is 5.96. The van der Waals surface area contributed by atoms with E-state index in [9.17, 15) is 4.39 Å². The smallest absolute Gasteiger partial charge is 0.123 e. The topological polar surface area (TPSA) is 49.7 Å². The van der Waals surface area contributed by atoms with Crippen LogP contribution in [0.1, 0.15) is 56.1 Å². The Morgan fingerprint density at radius 2 is 1.79 bits per heavy atom. The molecule has 1 N–H and O–H groups in total. The summed E-state index contributed by atoms with van der Waals surface area (Å²) in [5.41, 5.74) is 4.90. The van der Waals surface area contributed by atoms with Gasteiger partial charge in [0.05, 0.1) is 0 Å². The van der Waals surface area contributed by atoms with Crippen molar-refractivity contribution in [3.05, 3.63) is 78.3 Å². The van der Waals surface area contributed by atoms with E-state index in [0.29, 0.717) is 12.0 Å². The molecule has 2 aromatic heterocycles. The lowest BCUT2D eigenvalue weighted by Gasteiger charge is -2.36. The standard InChI is InChI=1S/C28H34FN5/c1-20(22-7-9-24(29)10-8-22)17-33(2)25-11-4-21(5-12-25)3-6-23-16-30-28-14-13-26(15-27(23)28)34-18-31-32-19-34/h7-10,13-16,18-21,25,30H,3-6,11-12,17H2,1-2H3/t20?,21-,25+. The van der Waals surface area contributed by atoms with Gasteiger partial charge in [-0.15, -0.1) is 10.2 Å². The Balaban J connectivity index is 1.13. The number of nitrogens with zero attached hydrogens (tertiary/aromatic N) is 4. The number of benzene rings is 2. The van der Waals surface area contributed by atoms with Gasteiger partial charge in [0.1, 0.15) is 18.5 Å². The summed E-state index contributed by atoms with van der Waals surface area (Å²) in [5.74, 6) is 1.05. The van der Waals surface area contributed by atoms with Crippen LogP contribution in [0.2, 0.25) is 0 Å². The van der Waals surface area contributed by atoms with Crippen LogP contribution in [0.5, 0.6) is 0 Å². The number of aromatic nitrogens is 4. The molecule has 1 aliphatic carbocycles. The second kappa shape index (κ2) is 10.1. The molecule has 6 heteroatoms. The molecule has 0 radical (unpaired) electrons. The summed E-state index contributed by atoms with van der Waals surface area (Å²) in [6, 6.07) is 14.1. The van der Waals surface area contributed by atoms with E-state index in [2.05, 4.69) is 58.4 Å². The Bertz CT molecular complexity index is 1190. The molecule has 0 spiro atoms. The number of aryl methyl sites for hydroxylation is 1. The molecule has 4 aromatic rings. The molecule has 34 heavy (non-hydrogen) atoms. The predicted molar refractivity (Wildman–Crippen MR) is 135 cm³/mol. The largest absolute Gasteiger partial charge is 0.361 e. The second-order valence-corrected chi connectivity index (χ2v) is 10.0. The van der Waals surface area contributed by atoms with E-state index >= 15 is 0 Å². The highest BCUT2D eigenvalue weighted by Gasteiger charge is 2.25. The second-order valence-electron chi connectivity index (χ2n) is 10.0. The number of rotatable bonds is 8. The lowest BCUT2D eigenvalue weighted by atomic mass is 9.82. The average Bonchev–Trinajstić information content (AvgIpc) is 3.53. The molecule has 1 saturated carbocycles. The van der Waals surface area contributed by atoms with Crippen molar-refractivity contribution in [3.8, 4) is 5.69 Å². The van der Waals surface area contributed by atoms with Crippen molar-refractivity contribution in [1.29, 1.82) is 0 Å². The van der Waals surface area contributed by atoms with Gasteiger partial charge in [0.2, 0.25) is 0 Å². The number of likely N-dealkylation sites (N-methyl/N-ethyl adjacent to an activating group) is 1. The molecule has 0 amide bonds. The van der Waals surface area contributed by atoms with Crippen LogP contribution in [0, 0.1) is 11.7 Å². The van der Waals surface area contributed by atoms with Crippen LogP contribution in [0.25, 0.3) is 16.6 Å². The SMILES string of the molecule is CC(CN(C)[C@H]1CC[C@@H](CCc2c[nH]c3ccc(-n4cnnc4)cc23)CC1)c1ccc(F)cc1. The van der Waals surface area contributed by atoms with Gasteiger partial charge in [0.15, 0.2) is 0 Å². The maximum Gasteiger partial charge on any atom is 0.123 e. The van der Waals surface area contributed by atoms with Gasteiger partial charge >= 0.3 is 0 Å². The van der Waals surface area contributed by atoms with Gasteiger partial charge in [-0.05, 0) is 98.9 Å². The highest BCUT2D eigenvalue weighted by Crippen LogP contribution is 2.32. The number of fused-ring (bicyclic) bond motifs is 1. The summed E-state index contributed by atoms with van der Waals surface area (Å²) in [6.07, 6.45) is 13.1. The highest BCUT2D eigenvalue weighted by atomic mass is 19.1. The lowest BCUT2D eigenvalue weighted by molar-refractivity contribution is 0.156. The fourth-order valence-corrected chi connectivity index (χ4v) is 5.58. The van der Waals surface area contributed by atoms with Crippen LogP contribution in [0.3, 0.4) is 0 Å². The average molecular weight is 460 g/mol. The number of aromatic amines is 1. The van der Waals surface area contributed by atoms with E-state index in [0.717, 1.165) is 24.6 Å². The third-order valence-corrected chi connectivity index (χ3v) is 7.73. The lowest BCUT2D eigenvalue weighted by Crippen LogP contribution is -2.37. The van der Waals surface area contributed by atoms with Crippen molar-refractivity contribution in [2.75, 3.05) is 13.6 Å². The summed E-state index contributed by atoms with van der Waals surface area (Å²) in [7, 11) is 2.25. The fourth-order valence-electron chi connectivity index (χ4n) is 5.58. The first-order valence-corrected chi connectivity index (χ1v) is 12.5. The molecule has 1 atom stereocenters. The van der Waals surface area contributed by atoms with Gasteiger partial charge in [0, 0.05) is 35.4 Å². The van der Waals surface area contributed by atoms with Crippen molar-refractivity contribution in [3.63, 3.8) is 0 Å². The van der Waals surface area contributed by atoms with Gasteiger partial charge in [-0.25, -0.2) is 4.39 Å². The minimum absolute atomic E-state index is 0.161. The number of nitrogens with one attached hydrogen (secondary N) is 1. The molecule has 5 nitrogen and oxygen atoms in total. The third kappa shape index (κ3) is 5.07. The Hall–Kier alpha value is -2.99. The van der Waals surface area contributed by atoms with Gasteiger partial charge < -0.3 is 9.88 Å². The van der Waals surface area contributed by atoms with Crippen molar-refractivity contribution in [1.82, 2.24) is 24.6 Å². The van der Waals surface area contributed by atoms with Crippen LogP contribution < -0.4 is 0 Å². The van der Waals surface area contributed by atoms with Crippen LogP contribution in [0.15, 0.2) is 61.3 Å². The zero-order valence-electron chi connectivity index (χ0n) is 20.1. The minimum atomic E-state index is -0.161. The molecule has 0 aliphatic heterocycles. The fraction of sp³-hybridized carbons (Fsp3) is 0.429. The number of H-pyrrole nitrogens is 1. The molecule has 1 aliphatic rings. The van der Waals surface area contributed by atoms with Crippen molar-refractivity contribution >= 4 is 10.9 Å². The van der Waals surface area contributed by atoms with E-state index in [4.69, 9.17) is 0 Å². The molecule has 5 rings (SSSR count). The van der Waals surface area contributed by atoms with Crippen LogP contribution in [0.4, 0.5) is 4.39 Å². The molecule has 0 bridgehead atoms. The number of hydrogen-bond donors (Lipinski definition) is 1. The number of hydrogen-bond acceptors (Lipinski definition) is 3. The quantitative estimate of drug-likeness (QED) is 0.346. The highest BCUT2D eigenvalue weighted by molar-refractivity contribution is 5.85. The van der Waals surface area contributed by atoms with Crippen LogP contribution >= 0.6 is 0 Å². The number of halogens is 1. The van der Waals surface area contributed by atoms with E-state index in [1.165, 1.54) is 54.1 Å². The molecular formula is C28H34FN5. The van der Waals surface area contributed by atoms with Crippen molar-refractivity contribution in [2.24, 2.45) is 5.92 Å². The molecule has 1 unspecified atom stereocenters. The molecule has 178 valence electrons. The predicted octanol–water partition coefficient (Wildman–Crippen LogP) is 6.11. The normalized spacial score (nSPS) is 19.6. The van der Waals surface area contributed by atoms with E-state index < -0.39 is 0 Å². The summed E-state index contributed by atoms with van der Waals surface area (Å²) < 4.78 is 15.2. The van der Waals surface area contributed by atoms with Crippen LogP contribution in [-0.4, -0.2) is 44.3 Å². The maximum atomic E-state index is 13.2. The first-order valence-electron chi connectivity index (χ1n) is 12.5. The molecule has 2 aromatic carbocycles. The van der Waals surface area contributed by atoms with Crippen molar-refractivity contribution in [2.45, 2.75) is 57.4 Å². The van der Waals surface area contributed by atoms with Gasteiger partial charge in [-0.3, -0.25) is 4.57 Å². The molecule has 0 saturated heterocycles. The summed E-state index contributed by atoms with van der Waals surface area (Å²) in [5, 5.41) is 9.15. The Labute approximate surface area is 201 Å². The molecule has 1 fully saturated rings. The summed E-state index contributed by atoms with van der Waals surface area (Å²) in [6.45, 7) is 3.26. The van der Waals surface area contributed by atoms with Gasteiger partial charge in [-0.1, -0.05) is 19.1 Å². The van der Waals surface area contributed by atoms with Gasteiger partial charge in [0.25, 0.3) is 0 Å². The zero-order chi connectivity index (χ0) is 23.5. The summed E-state index contributed by atoms with van der Waals surface area (Å²) >= 11 is 0. The molecule has 2 heterocycles. The monoisotopic (exact) mass is 459 g/mol. The Morgan fingerprint density at radius 3 is 2.53 bits per heavy atom. The minimum Gasteiger partial charge on any atom is -0.361 e. The van der Waals surface area contributed by atoms with Crippen molar-refractivity contribution < 1.29 is 4.39 Å². The van der Waals surface area contributed by atoms with Gasteiger partial charge in [-0.2, -0.15) is 0 Å². The third-order valence-electron chi connectivity index (χ3n) is 7.73. The Morgan fingerprint density at radius 1 is 1.06 bits per heavy atom. The van der Waals surface area contributed by atoms with E-state index in [1.54, 1.807) is 24.8 Å². The van der Waals surface area contributed by atoms with E-state index in [1.807, 2.05) is 16.7 Å². The van der Waals surface area contributed by atoms with Crippen LogP contribution in [-0.2, 0) is 6.42 Å². The molecular weight excluding hydrogens is 425 g/mol. The Kier molecular flexibility index (Phi) is 6.77. The maximum absolute atomic E-state index is 13.2. The zero-order valence-corrected chi connectivity index (χ0v) is 20.1.